The van der Waals surface area contributed by atoms with E-state index in [1.165, 1.54) is 5.56 Å². The summed E-state index contributed by atoms with van der Waals surface area (Å²) >= 11 is 1.75. The molecule has 0 atom stereocenters. The van der Waals surface area contributed by atoms with Gasteiger partial charge in [0.1, 0.15) is 0 Å². The molecule has 0 radical (unpaired) electrons. The molecular formula is C17H19NOS. The fraction of sp³-hybridized carbons (Fsp3) is 0.235. The predicted molar refractivity (Wildman–Crippen MR) is 87.5 cm³/mol. The maximum absolute atomic E-state index is 12.3. The average Bonchev–Trinajstić information content (AvgIpc) is 2.43. The first kappa shape index (κ1) is 14.7. The van der Waals surface area contributed by atoms with Crippen molar-refractivity contribution in [1.29, 1.82) is 0 Å². The predicted octanol–water partition coefficient (Wildman–Crippen LogP) is 4.42. The zero-order valence-electron chi connectivity index (χ0n) is 12.1. The van der Waals surface area contributed by atoms with Gasteiger partial charge in [0, 0.05) is 17.0 Å². The number of carbonyl (C=O) groups is 1. The van der Waals surface area contributed by atoms with Crippen molar-refractivity contribution in [3.8, 4) is 0 Å². The van der Waals surface area contributed by atoms with Gasteiger partial charge in [0.2, 0.25) is 0 Å². The molecule has 2 nitrogen and oxygen atoms in total. The van der Waals surface area contributed by atoms with E-state index < -0.39 is 0 Å². The third-order valence-corrected chi connectivity index (χ3v) is 3.76. The Hall–Kier alpha value is -1.74. The number of amides is 1. The van der Waals surface area contributed by atoms with E-state index in [0.717, 1.165) is 22.6 Å². The van der Waals surface area contributed by atoms with Crippen molar-refractivity contribution < 1.29 is 4.79 Å². The van der Waals surface area contributed by atoms with Crippen LogP contribution in [-0.4, -0.2) is 12.2 Å². The normalized spacial score (nSPS) is 10.3. The van der Waals surface area contributed by atoms with Crippen molar-refractivity contribution in [3.05, 3.63) is 64.7 Å². The summed E-state index contributed by atoms with van der Waals surface area (Å²) in [4.78, 5) is 12.3. The molecule has 0 aliphatic heterocycles. The van der Waals surface area contributed by atoms with Gasteiger partial charge in [-0.1, -0.05) is 24.3 Å². The maximum atomic E-state index is 12.3. The molecule has 104 valence electrons. The monoisotopic (exact) mass is 285 g/mol. The number of rotatable bonds is 4. The van der Waals surface area contributed by atoms with Gasteiger partial charge in [-0.25, -0.2) is 0 Å². The lowest BCUT2D eigenvalue weighted by Crippen LogP contribution is -2.13. The molecule has 2 aromatic carbocycles. The molecule has 0 unspecified atom stereocenters. The fourth-order valence-corrected chi connectivity index (χ4v) is 2.55. The van der Waals surface area contributed by atoms with Gasteiger partial charge in [0.15, 0.2) is 0 Å². The lowest BCUT2D eigenvalue weighted by molar-refractivity contribution is 0.102. The van der Waals surface area contributed by atoms with Gasteiger partial charge in [-0.15, -0.1) is 0 Å². The summed E-state index contributed by atoms with van der Waals surface area (Å²) in [6, 6.07) is 13.9. The first-order valence-corrected chi connectivity index (χ1v) is 7.96. The second-order valence-electron chi connectivity index (χ2n) is 4.91. The number of hydrogen-bond donors (Lipinski definition) is 1. The van der Waals surface area contributed by atoms with Crippen LogP contribution in [0.1, 0.15) is 27.0 Å². The minimum Gasteiger partial charge on any atom is -0.322 e. The summed E-state index contributed by atoms with van der Waals surface area (Å²) in [6.45, 7) is 4.02. The summed E-state index contributed by atoms with van der Waals surface area (Å²) in [7, 11) is 0. The molecule has 0 aliphatic carbocycles. The molecule has 1 N–H and O–H groups in total. The lowest BCUT2D eigenvalue weighted by Gasteiger charge is -2.10. The van der Waals surface area contributed by atoms with Gasteiger partial charge in [0.25, 0.3) is 5.91 Å². The minimum atomic E-state index is -0.0540. The first-order valence-electron chi connectivity index (χ1n) is 6.56. The zero-order chi connectivity index (χ0) is 14.5. The SMILES string of the molecule is CSCc1cccc(C(=O)Nc2cc(C)ccc2C)c1. The van der Waals surface area contributed by atoms with Crippen molar-refractivity contribution >= 4 is 23.4 Å². The molecule has 0 aliphatic rings. The number of aryl methyl sites for hydroxylation is 2. The largest absolute Gasteiger partial charge is 0.322 e. The van der Waals surface area contributed by atoms with E-state index in [0.29, 0.717) is 5.56 Å². The van der Waals surface area contributed by atoms with Gasteiger partial charge >= 0.3 is 0 Å². The Balaban J connectivity index is 2.19. The van der Waals surface area contributed by atoms with Crippen molar-refractivity contribution in [2.24, 2.45) is 0 Å². The molecule has 0 aromatic heterocycles. The Labute approximate surface area is 124 Å². The highest BCUT2D eigenvalue weighted by molar-refractivity contribution is 7.97. The summed E-state index contributed by atoms with van der Waals surface area (Å²) in [5.74, 6) is 0.867. The Bertz CT molecular complexity index is 622. The highest BCUT2D eigenvalue weighted by atomic mass is 32.2. The van der Waals surface area contributed by atoms with Crippen LogP contribution in [0.4, 0.5) is 5.69 Å². The standard InChI is InChI=1S/C17H19NOS/c1-12-7-8-13(2)16(9-12)18-17(19)15-6-4-5-14(10-15)11-20-3/h4-10H,11H2,1-3H3,(H,18,19). The molecule has 0 spiro atoms. The van der Waals surface area contributed by atoms with Crippen LogP contribution in [0.25, 0.3) is 0 Å². The molecule has 1 amide bonds. The maximum Gasteiger partial charge on any atom is 0.255 e. The van der Waals surface area contributed by atoms with E-state index in [9.17, 15) is 4.79 Å². The van der Waals surface area contributed by atoms with Crippen molar-refractivity contribution in [1.82, 2.24) is 0 Å². The number of hydrogen-bond acceptors (Lipinski definition) is 2. The third kappa shape index (κ3) is 3.64. The van der Waals surface area contributed by atoms with Crippen molar-refractivity contribution in [2.45, 2.75) is 19.6 Å². The summed E-state index contributed by atoms with van der Waals surface area (Å²) in [5, 5.41) is 2.99. The summed E-state index contributed by atoms with van der Waals surface area (Å²) < 4.78 is 0. The lowest BCUT2D eigenvalue weighted by atomic mass is 10.1. The Morgan fingerprint density at radius 1 is 1.15 bits per heavy atom. The van der Waals surface area contributed by atoms with Crippen LogP contribution in [0.2, 0.25) is 0 Å². The van der Waals surface area contributed by atoms with Crippen LogP contribution in [0.3, 0.4) is 0 Å². The highest BCUT2D eigenvalue weighted by Crippen LogP contribution is 2.18. The number of thioether (sulfide) groups is 1. The Morgan fingerprint density at radius 2 is 1.95 bits per heavy atom. The molecule has 0 heterocycles. The van der Waals surface area contributed by atoms with E-state index >= 15 is 0 Å². The molecule has 0 saturated heterocycles. The van der Waals surface area contributed by atoms with Crippen LogP contribution in [0, 0.1) is 13.8 Å². The number of benzene rings is 2. The zero-order valence-corrected chi connectivity index (χ0v) is 12.9. The van der Waals surface area contributed by atoms with Gasteiger partial charge < -0.3 is 5.32 Å². The smallest absolute Gasteiger partial charge is 0.255 e. The van der Waals surface area contributed by atoms with E-state index in [2.05, 4.69) is 11.6 Å². The average molecular weight is 285 g/mol. The van der Waals surface area contributed by atoms with Crippen molar-refractivity contribution in [3.63, 3.8) is 0 Å². The van der Waals surface area contributed by atoms with E-state index in [4.69, 9.17) is 0 Å². The summed E-state index contributed by atoms with van der Waals surface area (Å²) in [6.07, 6.45) is 2.06. The third-order valence-electron chi connectivity index (χ3n) is 3.14. The van der Waals surface area contributed by atoms with Gasteiger partial charge in [-0.3, -0.25) is 4.79 Å². The number of nitrogens with one attached hydrogen (secondary N) is 1. The number of anilines is 1. The fourth-order valence-electron chi connectivity index (χ4n) is 2.03. The minimum absolute atomic E-state index is 0.0540. The molecule has 2 rings (SSSR count). The topological polar surface area (TPSA) is 29.1 Å². The molecule has 20 heavy (non-hydrogen) atoms. The van der Waals surface area contributed by atoms with Crippen LogP contribution in [-0.2, 0) is 5.75 Å². The Kier molecular flexibility index (Phi) is 4.85. The molecule has 2 aromatic rings. The number of carbonyl (C=O) groups excluding carboxylic acids is 1. The van der Waals surface area contributed by atoms with E-state index in [-0.39, 0.29) is 5.91 Å². The molecule has 0 fully saturated rings. The van der Waals surface area contributed by atoms with E-state index in [1.54, 1.807) is 11.8 Å². The van der Waals surface area contributed by atoms with Crippen molar-refractivity contribution in [2.75, 3.05) is 11.6 Å². The van der Waals surface area contributed by atoms with Crippen LogP contribution < -0.4 is 5.32 Å². The second-order valence-corrected chi connectivity index (χ2v) is 5.77. The van der Waals surface area contributed by atoms with E-state index in [1.807, 2.05) is 56.3 Å². The molecule has 3 heteroatoms. The van der Waals surface area contributed by atoms with Gasteiger partial charge in [-0.2, -0.15) is 11.8 Å². The molecule has 0 bridgehead atoms. The van der Waals surface area contributed by atoms with Crippen LogP contribution >= 0.6 is 11.8 Å². The van der Waals surface area contributed by atoms with Gasteiger partial charge in [0.05, 0.1) is 0 Å². The first-order chi connectivity index (χ1) is 9.60. The van der Waals surface area contributed by atoms with Crippen LogP contribution in [0.5, 0.6) is 0 Å². The quantitative estimate of drug-likeness (QED) is 0.901. The van der Waals surface area contributed by atoms with Crippen LogP contribution in [0.15, 0.2) is 42.5 Å². The second kappa shape index (κ2) is 6.62. The summed E-state index contributed by atoms with van der Waals surface area (Å²) in [5.41, 5.74) is 4.97. The molecule has 0 saturated carbocycles. The Morgan fingerprint density at radius 3 is 2.70 bits per heavy atom. The van der Waals surface area contributed by atoms with Gasteiger partial charge in [-0.05, 0) is 55.0 Å². The highest BCUT2D eigenvalue weighted by Gasteiger charge is 2.08. The molecular weight excluding hydrogens is 266 g/mol.